The van der Waals surface area contributed by atoms with Gasteiger partial charge in [0.2, 0.25) is 5.76 Å². The number of carbonyl (C=O) groups excluding carboxylic acids is 1. The van der Waals surface area contributed by atoms with E-state index in [-0.39, 0.29) is 24.0 Å². The molecule has 0 aliphatic carbocycles. The highest BCUT2D eigenvalue weighted by molar-refractivity contribution is 14.1. The summed E-state index contributed by atoms with van der Waals surface area (Å²) in [4.78, 5) is 18.3. The van der Waals surface area contributed by atoms with Gasteiger partial charge in [0.25, 0.3) is 5.91 Å². The highest BCUT2D eigenvalue weighted by atomic mass is 127. The molecule has 0 aliphatic heterocycles. The summed E-state index contributed by atoms with van der Waals surface area (Å²) in [5.41, 5.74) is 1.09. The van der Waals surface area contributed by atoms with Crippen LogP contribution in [-0.4, -0.2) is 41.1 Å². The molecule has 0 spiro atoms. The maximum Gasteiger partial charge on any atom is 0.291 e. The van der Waals surface area contributed by atoms with Crippen LogP contribution in [0.4, 0.5) is 15.8 Å². The van der Waals surface area contributed by atoms with Crippen molar-refractivity contribution in [3.63, 3.8) is 0 Å². The lowest BCUT2D eigenvalue weighted by Crippen LogP contribution is -2.28. The molecule has 3 aromatic rings. The van der Waals surface area contributed by atoms with Crippen molar-refractivity contribution in [2.75, 3.05) is 25.5 Å². The van der Waals surface area contributed by atoms with Gasteiger partial charge in [-0.3, -0.25) is 9.78 Å². The van der Waals surface area contributed by atoms with Gasteiger partial charge in [-0.15, -0.1) is 0 Å². The van der Waals surface area contributed by atoms with Crippen molar-refractivity contribution in [3.8, 4) is 0 Å². The Kier molecular flexibility index (Phi) is 5.72. The quantitative estimate of drug-likeness (QED) is 0.538. The van der Waals surface area contributed by atoms with Gasteiger partial charge < -0.3 is 19.7 Å². The van der Waals surface area contributed by atoms with Crippen molar-refractivity contribution in [1.82, 2.24) is 9.88 Å². The molecule has 8 heteroatoms. The van der Waals surface area contributed by atoms with E-state index in [9.17, 15) is 9.18 Å². The zero-order chi connectivity index (χ0) is 18.7. The summed E-state index contributed by atoms with van der Waals surface area (Å²) in [6, 6.07) is 6.42. The van der Waals surface area contributed by atoms with Gasteiger partial charge in [0.05, 0.1) is 11.1 Å². The minimum atomic E-state index is -0.429. The van der Waals surface area contributed by atoms with Crippen molar-refractivity contribution >= 4 is 50.8 Å². The highest BCUT2D eigenvalue weighted by Gasteiger charge is 2.24. The smallest absolute Gasteiger partial charge is 0.291 e. The number of pyridine rings is 1. The number of hydrogen-bond acceptors (Lipinski definition) is 5. The average molecular weight is 469 g/mol. The van der Waals surface area contributed by atoms with Crippen LogP contribution in [0.5, 0.6) is 0 Å². The van der Waals surface area contributed by atoms with Crippen LogP contribution >= 0.6 is 22.6 Å². The molecule has 1 aromatic carbocycles. The number of carbonyl (C=O) groups is 1. The summed E-state index contributed by atoms with van der Waals surface area (Å²) in [5, 5.41) is 12.5. The molecular weight excluding hydrogens is 452 g/mol. The first-order valence-electron chi connectivity index (χ1n) is 7.96. The standard InChI is InChI=1S/C18H17FIN3O3/c1-23(7-2-8-24)18(25)17-16(12-10-21-6-5-15(12)26-17)22-14-4-3-11(20)9-13(14)19/h3-6,9-10,22,24H,2,7-8H2,1H3. The molecule has 26 heavy (non-hydrogen) atoms. The van der Waals surface area contributed by atoms with Gasteiger partial charge in [-0.05, 0) is 53.3 Å². The van der Waals surface area contributed by atoms with Crippen molar-refractivity contribution in [2.24, 2.45) is 0 Å². The predicted molar refractivity (Wildman–Crippen MR) is 105 cm³/mol. The molecule has 2 N–H and O–H groups in total. The van der Waals surface area contributed by atoms with Gasteiger partial charge in [-0.1, -0.05) is 0 Å². The summed E-state index contributed by atoms with van der Waals surface area (Å²) in [5.74, 6) is -0.711. The van der Waals surface area contributed by atoms with Crippen molar-refractivity contribution in [3.05, 3.63) is 51.8 Å². The first-order chi connectivity index (χ1) is 12.5. The van der Waals surface area contributed by atoms with E-state index in [0.717, 1.165) is 3.57 Å². The number of nitrogens with one attached hydrogen (secondary N) is 1. The van der Waals surface area contributed by atoms with E-state index >= 15 is 0 Å². The van der Waals surface area contributed by atoms with Crippen LogP contribution in [0.25, 0.3) is 11.0 Å². The van der Waals surface area contributed by atoms with E-state index in [4.69, 9.17) is 9.52 Å². The third kappa shape index (κ3) is 3.80. The van der Waals surface area contributed by atoms with Crippen LogP contribution in [0.1, 0.15) is 17.0 Å². The SMILES string of the molecule is CN(CCCO)C(=O)c1oc2ccncc2c1Nc1ccc(I)cc1F. The summed E-state index contributed by atoms with van der Waals surface area (Å²) in [7, 11) is 1.62. The maximum atomic E-state index is 14.3. The maximum absolute atomic E-state index is 14.3. The van der Waals surface area contributed by atoms with E-state index in [0.29, 0.717) is 29.6 Å². The number of amides is 1. The Morgan fingerprint density at radius 2 is 2.23 bits per heavy atom. The molecule has 6 nitrogen and oxygen atoms in total. The van der Waals surface area contributed by atoms with Crippen molar-refractivity contribution < 1.29 is 18.7 Å². The fourth-order valence-corrected chi connectivity index (χ4v) is 2.98. The van der Waals surface area contributed by atoms with Gasteiger partial charge in [0.1, 0.15) is 17.1 Å². The van der Waals surface area contributed by atoms with Crippen LogP contribution in [0.3, 0.4) is 0 Å². The molecule has 2 aromatic heterocycles. The minimum Gasteiger partial charge on any atom is -0.448 e. The molecule has 3 rings (SSSR count). The number of fused-ring (bicyclic) bond motifs is 1. The summed E-state index contributed by atoms with van der Waals surface area (Å²) < 4.78 is 20.7. The Labute approximate surface area is 163 Å². The van der Waals surface area contributed by atoms with Gasteiger partial charge in [-0.2, -0.15) is 0 Å². The Balaban J connectivity index is 2.03. The number of rotatable bonds is 6. The minimum absolute atomic E-state index is 0.0133. The van der Waals surface area contributed by atoms with Crippen LogP contribution < -0.4 is 5.32 Å². The molecular formula is C18H17FIN3O3. The number of halogens is 2. The topological polar surface area (TPSA) is 78.6 Å². The van der Waals surface area contributed by atoms with Gasteiger partial charge in [0, 0.05) is 36.2 Å². The Morgan fingerprint density at radius 1 is 1.42 bits per heavy atom. The second-order valence-corrected chi connectivity index (χ2v) is 6.98. The normalized spacial score (nSPS) is 10.9. The molecule has 0 saturated carbocycles. The molecule has 2 heterocycles. The third-order valence-corrected chi connectivity index (χ3v) is 4.54. The molecule has 0 atom stereocenters. The molecule has 0 radical (unpaired) electrons. The number of nitrogens with zero attached hydrogens (tertiary/aromatic N) is 2. The van der Waals surface area contributed by atoms with Crippen molar-refractivity contribution in [2.45, 2.75) is 6.42 Å². The van der Waals surface area contributed by atoms with Gasteiger partial charge in [0.15, 0.2) is 0 Å². The van der Waals surface area contributed by atoms with E-state index < -0.39 is 5.82 Å². The zero-order valence-electron chi connectivity index (χ0n) is 14.0. The number of aromatic nitrogens is 1. The summed E-state index contributed by atoms with van der Waals surface area (Å²) in [6.07, 6.45) is 3.58. The van der Waals surface area contributed by atoms with Crippen LogP contribution in [-0.2, 0) is 0 Å². The summed E-state index contributed by atoms with van der Waals surface area (Å²) in [6.45, 7) is 0.364. The Morgan fingerprint density at radius 3 is 2.96 bits per heavy atom. The van der Waals surface area contributed by atoms with Crippen LogP contribution in [0.15, 0.2) is 41.1 Å². The number of aliphatic hydroxyl groups is 1. The molecule has 1 amide bonds. The molecule has 0 bridgehead atoms. The van der Waals surface area contributed by atoms with Crippen LogP contribution in [0.2, 0.25) is 0 Å². The third-order valence-electron chi connectivity index (χ3n) is 3.87. The first kappa shape index (κ1) is 18.6. The molecule has 0 saturated heterocycles. The average Bonchev–Trinajstić information content (AvgIpc) is 3.00. The number of aliphatic hydroxyl groups excluding tert-OH is 1. The fourth-order valence-electron chi connectivity index (χ4n) is 2.52. The zero-order valence-corrected chi connectivity index (χ0v) is 16.2. The monoisotopic (exact) mass is 469 g/mol. The second kappa shape index (κ2) is 8.00. The van der Waals surface area contributed by atoms with E-state index in [1.807, 2.05) is 22.6 Å². The van der Waals surface area contributed by atoms with E-state index in [2.05, 4.69) is 10.3 Å². The second-order valence-electron chi connectivity index (χ2n) is 5.73. The Hall–Kier alpha value is -2.20. The van der Waals surface area contributed by atoms with Gasteiger partial charge in [-0.25, -0.2) is 4.39 Å². The summed E-state index contributed by atoms with van der Waals surface area (Å²) >= 11 is 2.03. The number of furan rings is 1. The largest absolute Gasteiger partial charge is 0.448 e. The van der Waals surface area contributed by atoms with Gasteiger partial charge >= 0.3 is 0 Å². The number of hydrogen-bond donors (Lipinski definition) is 2. The van der Waals surface area contributed by atoms with Crippen molar-refractivity contribution in [1.29, 1.82) is 0 Å². The fraction of sp³-hybridized carbons (Fsp3) is 0.222. The lowest BCUT2D eigenvalue weighted by Gasteiger charge is -2.16. The van der Waals surface area contributed by atoms with E-state index in [1.165, 1.54) is 11.0 Å². The lowest BCUT2D eigenvalue weighted by atomic mass is 10.2. The lowest BCUT2D eigenvalue weighted by molar-refractivity contribution is 0.0758. The van der Waals surface area contributed by atoms with E-state index in [1.54, 1.807) is 37.6 Å². The molecule has 0 aliphatic rings. The predicted octanol–water partition coefficient (Wildman–Crippen LogP) is 3.77. The molecule has 0 fully saturated rings. The first-order valence-corrected chi connectivity index (χ1v) is 9.04. The highest BCUT2D eigenvalue weighted by Crippen LogP contribution is 2.34. The molecule has 136 valence electrons. The molecule has 0 unspecified atom stereocenters. The number of anilines is 2. The Bertz CT molecular complexity index is 945. The number of benzene rings is 1. The van der Waals surface area contributed by atoms with Crippen LogP contribution in [0, 0.1) is 9.39 Å².